The van der Waals surface area contributed by atoms with E-state index in [9.17, 15) is 4.79 Å². The van der Waals surface area contributed by atoms with Crippen molar-refractivity contribution in [1.82, 2.24) is 0 Å². The number of ketones is 1. The van der Waals surface area contributed by atoms with Gasteiger partial charge in [0.15, 0.2) is 5.78 Å². The summed E-state index contributed by atoms with van der Waals surface area (Å²) in [4.78, 5) is 35.5. The zero-order chi connectivity index (χ0) is 25.1. The number of hydrogen-bond donors (Lipinski definition) is 0. The maximum absolute atomic E-state index is 13.0. The first kappa shape index (κ1) is 27.2. The summed E-state index contributed by atoms with van der Waals surface area (Å²) >= 11 is 0. The third kappa shape index (κ3) is 7.75. The van der Waals surface area contributed by atoms with Crippen LogP contribution in [0.2, 0.25) is 0 Å². The van der Waals surface area contributed by atoms with Crippen LogP contribution in [0.5, 0.6) is 0 Å². The number of carbonyl (C=O) groups is 1. The average Bonchev–Trinajstić information content (AvgIpc) is 2.76. The summed E-state index contributed by atoms with van der Waals surface area (Å²) in [5, 5.41) is 0. The van der Waals surface area contributed by atoms with Gasteiger partial charge < -0.3 is 0 Å². The van der Waals surface area contributed by atoms with E-state index in [1.165, 1.54) is 0 Å². The van der Waals surface area contributed by atoms with E-state index in [2.05, 4.69) is 6.92 Å². The summed E-state index contributed by atoms with van der Waals surface area (Å²) in [5.41, 5.74) is 1.03. The van der Waals surface area contributed by atoms with E-state index in [0.717, 1.165) is 17.5 Å². The zero-order valence-electron chi connectivity index (χ0n) is 21.9. The molecule has 182 valence electrons. The summed E-state index contributed by atoms with van der Waals surface area (Å²) in [6.07, 6.45) is 0.836. The minimum absolute atomic E-state index is 0.0418. The van der Waals surface area contributed by atoms with Gasteiger partial charge in [-0.3, -0.25) is 4.79 Å². The lowest BCUT2D eigenvalue weighted by Crippen LogP contribution is -2.30. The fourth-order valence-electron chi connectivity index (χ4n) is 2.81. The van der Waals surface area contributed by atoms with E-state index in [4.69, 9.17) is 19.6 Å². The van der Waals surface area contributed by atoms with Crippen molar-refractivity contribution in [2.24, 2.45) is 0 Å². The molecule has 0 radical (unpaired) electrons. The Balaban J connectivity index is 2.11. The lowest BCUT2D eigenvalue weighted by atomic mass is 9.93. The van der Waals surface area contributed by atoms with Crippen molar-refractivity contribution in [3.05, 3.63) is 70.8 Å². The predicted molar refractivity (Wildman–Crippen MR) is 131 cm³/mol. The smallest absolute Gasteiger partial charge is 0.193 e. The molecule has 2 aromatic rings. The van der Waals surface area contributed by atoms with Gasteiger partial charge in [0.1, 0.15) is 11.2 Å². The third-order valence-corrected chi connectivity index (χ3v) is 5.51. The molecule has 33 heavy (non-hydrogen) atoms. The van der Waals surface area contributed by atoms with E-state index >= 15 is 0 Å². The van der Waals surface area contributed by atoms with E-state index in [1.807, 2.05) is 111 Å². The SMILES string of the molecule is CCC(C)(C)OOC(C)(C)c1ccc(C(=O)c2ccc(C(C)(C)OOC(C)(C)C)cc2)cc1. The highest BCUT2D eigenvalue weighted by Gasteiger charge is 2.28. The van der Waals surface area contributed by atoms with Gasteiger partial charge in [-0.1, -0.05) is 55.5 Å². The molecule has 2 rings (SSSR count). The van der Waals surface area contributed by atoms with Crippen molar-refractivity contribution in [1.29, 1.82) is 0 Å². The normalized spacial score (nSPS) is 13.3. The average molecular weight is 457 g/mol. The molecule has 2 aromatic carbocycles. The van der Waals surface area contributed by atoms with Crippen molar-refractivity contribution < 1.29 is 24.3 Å². The van der Waals surface area contributed by atoms with Gasteiger partial charge in [-0.2, -0.15) is 0 Å². The Kier molecular flexibility index (Phi) is 8.29. The summed E-state index contributed by atoms with van der Waals surface area (Å²) in [5.74, 6) is -0.0418. The first-order chi connectivity index (χ1) is 15.1. The molecule has 0 aliphatic carbocycles. The minimum atomic E-state index is -0.642. The Labute approximate surface area is 199 Å². The van der Waals surface area contributed by atoms with Gasteiger partial charge in [0.25, 0.3) is 0 Å². The Morgan fingerprint density at radius 1 is 0.606 bits per heavy atom. The molecule has 0 atom stereocenters. The standard InChI is InChI=1S/C28H40O5/c1-11-26(5,6)31-33-28(9,10)23-18-14-21(15-19-23)24(29)20-12-16-22(17-13-20)27(7,8)32-30-25(2,3)4/h12-19H,11H2,1-10H3. The molecule has 0 amide bonds. The molecular weight excluding hydrogens is 416 g/mol. The van der Waals surface area contributed by atoms with Crippen LogP contribution >= 0.6 is 0 Å². The highest BCUT2D eigenvalue weighted by molar-refractivity contribution is 6.09. The quantitative estimate of drug-likeness (QED) is 0.214. The maximum Gasteiger partial charge on any atom is 0.193 e. The lowest BCUT2D eigenvalue weighted by Gasteiger charge is -2.30. The molecule has 0 N–H and O–H groups in total. The summed E-state index contributed by atoms with van der Waals surface area (Å²) in [7, 11) is 0. The van der Waals surface area contributed by atoms with Crippen LogP contribution in [-0.2, 0) is 30.8 Å². The summed E-state index contributed by atoms with van der Waals surface area (Å²) in [6, 6.07) is 14.9. The monoisotopic (exact) mass is 456 g/mol. The molecule has 0 spiro atoms. The molecule has 0 unspecified atom stereocenters. The zero-order valence-corrected chi connectivity index (χ0v) is 21.9. The van der Waals surface area contributed by atoms with E-state index in [1.54, 1.807) is 0 Å². The second kappa shape index (κ2) is 10.1. The van der Waals surface area contributed by atoms with Crippen LogP contribution in [0.4, 0.5) is 0 Å². The van der Waals surface area contributed by atoms with Crippen LogP contribution in [0.3, 0.4) is 0 Å². The predicted octanol–water partition coefficient (Wildman–Crippen LogP) is 7.27. The molecule has 5 nitrogen and oxygen atoms in total. The maximum atomic E-state index is 13.0. The van der Waals surface area contributed by atoms with Crippen LogP contribution in [0.25, 0.3) is 0 Å². The van der Waals surface area contributed by atoms with Crippen molar-refractivity contribution in [2.75, 3.05) is 0 Å². The Morgan fingerprint density at radius 2 is 0.970 bits per heavy atom. The van der Waals surface area contributed by atoms with Gasteiger partial charge in [0.05, 0.1) is 11.2 Å². The fourth-order valence-corrected chi connectivity index (χ4v) is 2.81. The highest BCUT2D eigenvalue weighted by atomic mass is 17.2. The molecule has 0 aliphatic heterocycles. The first-order valence-electron chi connectivity index (χ1n) is 11.6. The minimum Gasteiger partial charge on any atom is -0.289 e. The first-order valence-corrected chi connectivity index (χ1v) is 11.6. The number of hydrogen-bond acceptors (Lipinski definition) is 5. The molecule has 0 aliphatic rings. The molecule has 0 fully saturated rings. The number of carbonyl (C=O) groups excluding carboxylic acids is 1. The van der Waals surface area contributed by atoms with Crippen LogP contribution in [-0.4, -0.2) is 17.0 Å². The fraction of sp³-hybridized carbons (Fsp3) is 0.536. The Morgan fingerprint density at radius 3 is 1.30 bits per heavy atom. The van der Waals surface area contributed by atoms with Crippen molar-refractivity contribution in [2.45, 2.75) is 98.1 Å². The molecule has 5 heteroatoms. The van der Waals surface area contributed by atoms with Crippen LogP contribution in [0.15, 0.2) is 48.5 Å². The Bertz CT molecular complexity index is 916. The van der Waals surface area contributed by atoms with Gasteiger partial charge in [-0.25, -0.2) is 19.6 Å². The van der Waals surface area contributed by atoms with Gasteiger partial charge >= 0.3 is 0 Å². The van der Waals surface area contributed by atoms with Gasteiger partial charge in [-0.05, 0) is 79.9 Å². The Hall–Kier alpha value is -2.05. The molecule has 0 bridgehead atoms. The van der Waals surface area contributed by atoms with Gasteiger partial charge in [0.2, 0.25) is 0 Å². The summed E-state index contributed by atoms with van der Waals surface area (Å²) in [6.45, 7) is 19.6. The van der Waals surface area contributed by atoms with E-state index < -0.39 is 16.8 Å². The second-order valence-electron chi connectivity index (χ2n) is 11.1. The molecule has 0 heterocycles. The van der Waals surface area contributed by atoms with Crippen LogP contribution < -0.4 is 0 Å². The summed E-state index contributed by atoms with van der Waals surface area (Å²) < 4.78 is 0. The van der Waals surface area contributed by atoms with Crippen LogP contribution in [0.1, 0.15) is 103 Å². The van der Waals surface area contributed by atoms with Crippen molar-refractivity contribution >= 4 is 5.78 Å². The van der Waals surface area contributed by atoms with E-state index in [0.29, 0.717) is 11.1 Å². The highest BCUT2D eigenvalue weighted by Crippen LogP contribution is 2.30. The van der Waals surface area contributed by atoms with Gasteiger partial charge in [-0.15, -0.1) is 0 Å². The second-order valence-corrected chi connectivity index (χ2v) is 11.1. The molecular formula is C28H40O5. The van der Waals surface area contributed by atoms with Crippen LogP contribution in [0, 0.1) is 0 Å². The number of rotatable bonds is 10. The topological polar surface area (TPSA) is 54.0 Å². The third-order valence-electron chi connectivity index (χ3n) is 5.51. The van der Waals surface area contributed by atoms with Crippen molar-refractivity contribution in [3.8, 4) is 0 Å². The van der Waals surface area contributed by atoms with E-state index in [-0.39, 0.29) is 11.4 Å². The van der Waals surface area contributed by atoms with Gasteiger partial charge in [0, 0.05) is 11.1 Å². The number of benzene rings is 2. The molecule has 0 aromatic heterocycles. The molecule has 0 saturated heterocycles. The lowest BCUT2D eigenvalue weighted by molar-refractivity contribution is -0.405. The molecule has 0 saturated carbocycles. The van der Waals surface area contributed by atoms with Crippen molar-refractivity contribution in [3.63, 3.8) is 0 Å². The largest absolute Gasteiger partial charge is 0.289 e.